The Morgan fingerprint density at radius 1 is 0.299 bits per heavy atom. The van der Waals surface area contributed by atoms with Crippen LogP contribution in [0.3, 0.4) is 0 Å². The van der Waals surface area contributed by atoms with E-state index in [-0.39, 0.29) is 0 Å². The van der Waals surface area contributed by atoms with E-state index in [4.69, 9.17) is 9.97 Å². The maximum atomic E-state index is 5.44. The summed E-state index contributed by atoms with van der Waals surface area (Å²) in [5.41, 5.74) is 16.8. The largest absolute Gasteiger partial charge is 0.254 e. The molecule has 0 amide bonds. The van der Waals surface area contributed by atoms with Gasteiger partial charge in [0.15, 0.2) is 0 Å². The van der Waals surface area contributed by atoms with Crippen LogP contribution in [-0.4, -0.2) is 15.0 Å². The number of hydrogen-bond donors (Lipinski definition) is 0. The smallest absolute Gasteiger partial charge is 0.0970 e. The maximum Gasteiger partial charge on any atom is 0.0970 e. The highest BCUT2D eigenvalue weighted by atomic mass is 14.7. The van der Waals surface area contributed by atoms with E-state index in [1.807, 2.05) is 18.5 Å². The van der Waals surface area contributed by atoms with Crippen LogP contribution in [0.4, 0.5) is 0 Å². The number of nitrogens with zero attached hydrogens (tertiary/aromatic N) is 3. The standard InChI is InChI=1S/C64H39N3/c1-3-13-47(14-4-1)64(48-15-5-2-6-16-48)58-19-9-7-17-51(58)56-38-57-55(39-59(56)64)52-18-8-10-20-60(52)67-61(57)43-25-21-40(22-26-43)44-27-23-41-24-28-45-36-46(30-31-49(45)54(41)37-44)50-33-35-66-63-53(50)32-29-42-12-11-34-65-62(42)63/h1-39H. The van der Waals surface area contributed by atoms with Gasteiger partial charge in [-0.05, 0) is 125 Å². The van der Waals surface area contributed by atoms with Crippen molar-refractivity contribution < 1.29 is 0 Å². The van der Waals surface area contributed by atoms with Crippen molar-refractivity contribution in [1.29, 1.82) is 0 Å². The molecule has 0 saturated carbocycles. The normalized spacial score (nSPS) is 12.9. The molecule has 0 atom stereocenters. The van der Waals surface area contributed by atoms with Gasteiger partial charge in [-0.3, -0.25) is 9.97 Å². The van der Waals surface area contributed by atoms with E-state index in [9.17, 15) is 0 Å². The summed E-state index contributed by atoms with van der Waals surface area (Å²) in [6.45, 7) is 0. The zero-order chi connectivity index (χ0) is 44.1. The first-order valence-electron chi connectivity index (χ1n) is 23.0. The molecule has 0 unspecified atom stereocenters. The lowest BCUT2D eigenvalue weighted by Crippen LogP contribution is -2.28. The summed E-state index contributed by atoms with van der Waals surface area (Å²) in [5.74, 6) is 0. The Kier molecular flexibility index (Phi) is 8.20. The lowest BCUT2D eigenvalue weighted by molar-refractivity contribution is 0.769. The molecule has 0 radical (unpaired) electrons. The maximum absolute atomic E-state index is 5.44. The molecule has 0 bridgehead atoms. The summed E-state index contributed by atoms with van der Waals surface area (Å²) in [6.07, 6.45) is 3.74. The molecule has 10 aromatic carbocycles. The number of benzene rings is 10. The number of aromatic nitrogens is 3. The molecule has 1 aliphatic carbocycles. The molecular weight excluding hydrogens is 811 g/mol. The van der Waals surface area contributed by atoms with Gasteiger partial charge in [-0.2, -0.15) is 0 Å². The van der Waals surface area contributed by atoms with E-state index >= 15 is 0 Å². The fraction of sp³-hybridized carbons (Fsp3) is 0.0156. The molecule has 0 N–H and O–H groups in total. The summed E-state index contributed by atoms with van der Waals surface area (Å²) < 4.78 is 0. The second-order valence-electron chi connectivity index (χ2n) is 17.9. The zero-order valence-electron chi connectivity index (χ0n) is 36.4. The van der Waals surface area contributed by atoms with E-state index in [0.717, 1.165) is 60.5 Å². The fourth-order valence-corrected chi connectivity index (χ4v) is 11.3. The van der Waals surface area contributed by atoms with E-state index < -0.39 is 5.41 Å². The average Bonchev–Trinajstić information content (AvgIpc) is 3.70. The van der Waals surface area contributed by atoms with Crippen molar-refractivity contribution in [1.82, 2.24) is 15.0 Å². The van der Waals surface area contributed by atoms with Crippen molar-refractivity contribution in [2.24, 2.45) is 0 Å². The predicted octanol–water partition coefficient (Wildman–Crippen LogP) is 16.2. The van der Waals surface area contributed by atoms with Crippen LogP contribution in [0.15, 0.2) is 237 Å². The highest BCUT2D eigenvalue weighted by Crippen LogP contribution is 2.57. The molecule has 67 heavy (non-hydrogen) atoms. The quantitative estimate of drug-likeness (QED) is 0.162. The van der Waals surface area contributed by atoms with Gasteiger partial charge < -0.3 is 0 Å². The van der Waals surface area contributed by atoms with E-state index in [1.54, 1.807) is 0 Å². The van der Waals surface area contributed by atoms with Crippen molar-refractivity contribution in [2.75, 3.05) is 0 Å². The van der Waals surface area contributed by atoms with Gasteiger partial charge in [0.1, 0.15) is 0 Å². The second kappa shape index (κ2) is 14.6. The van der Waals surface area contributed by atoms with E-state index in [1.165, 1.54) is 71.4 Å². The number of hydrogen-bond acceptors (Lipinski definition) is 3. The van der Waals surface area contributed by atoms with Gasteiger partial charge in [0.05, 0.1) is 27.7 Å². The molecule has 1 aliphatic rings. The van der Waals surface area contributed by atoms with Gasteiger partial charge in [-0.1, -0.05) is 182 Å². The molecule has 0 aliphatic heterocycles. The Morgan fingerprint density at radius 2 is 0.970 bits per heavy atom. The molecular formula is C64H39N3. The molecule has 13 aromatic rings. The van der Waals surface area contributed by atoms with Crippen molar-refractivity contribution >= 4 is 65.0 Å². The third-order valence-electron chi connectivity index (χ3n) is 14.4. The van der Waals surface area contributed by atoms with Crippen LogP contribution < -0.4 is 0 Å². The topological polar surface area (TPSA) is 38.7 Å². The Balaban J connectivity index is 0.889. The molecule has 310 valence electrons. The third-order valence-corrected chi connectivity index (χ3v) is 14.4. The van der Waals surface area contributed by atoms with Crippen LogP contribution in [0.25, 0.3) is 110 Å². The molecule has 0 saturated heterocycles. The number of para-hydroxylation sites is 1. The van der Waals surface area contributed by atoms with Crippen LogP contribution >= 0.6 is 0 Å². The summed E-state index contributed by atoms with van der Waals surface area (Å²) in [6, 6.07) is 82.3. The monoisotopic (exact) mass is 849 g/mol. The predicted molar refractivity (Wildman–Crippen MR) is 278 cm³/mol. The van der Waals surface area contributed by atoms with Crippen molar-refractivity contribution in [2.45, 2.75) is 5.41 Å². The fourth-order valence-electron chi connectivity index (χ4n) is 11.3. The lowest BCUT2D eigenvalue weighted by atomic mass is 9.67. The molecule has 0 fully saturated rings. The first-order chi connectivity index (χ1) is 33.2. The van der Waals surface area contributed by atoms with Gasteiger partial charge >= 0.3 is 0 Å². The molecule has 3 nitrogen and oxygen atoms in total. The molecule has 14 rings (SSSR count). The summed E-state index contributed by atoms with van der Waals surface area (Å²) >= 11 is 0. The van der Waals surface area contributed by atoms with Crippen LogP contribution in [0, 0.1) is 0 Å². The van der Waals surface area contributed by atoms with Gasteiger partial charge in [-0.25, -0.2) is 4.98 Å². The first kappa shape index (κ1) is 37.6. The second-order valence-corrected chi connectivity index (χ2v) is 17.9. The third kappa shape index (κ3) is 5.62. The van der Waals surface area contributed by atoms with Gasteiger partial charge in [0.2, 0.25) is 0 Å². The SMILES string of the molecule is c1ccc(C2(c3ccccc3)c3ccccc3-c3cc4c(-c5ccc(-c6ccc7ccc8cc(-c9ccnc%10c9ccc9cccnc9%10)ccc8c7c6)cc5)nc5ccccc5c4cc32)cc1. The number of rotatable bonds is 5. The Morgan fingerprint density at radius 3 is 1.82 bits per heavy atom. The highest BCUT2D eigenvalue weighted by molar-refractivity contribution is 6.15. The molecule has 0 spiro atoms. The highest BCUT2D eigenvalue weighted by Gasteiger charge is 2.46. The Hall–Kier alpha value is -8.79. The van der Waals surface area contributed by atoms with Crippen LogP contribution in [0.1, 0.15) is 22.3 Å². The van der Waals surface area contributed by atoms with Crippen molar-refractivity contribution in [3.63, 3.8) is 0 Å². The number of fused-ring (bicyclic) bond motifs is 12. The van der Waals surface area contributed by atoms with Gasteiger partial charge in [0.25, 0.3) is 0 Å². The minimum absolute atomic E-state index is 0.482. The van der Waals surface area contributed by atoms with Crippen LogP contribution in [0.5, 0.6) is 0 Å². The summed E-state index contributed by atoms with van der Waals surface area (Å²) in [5, 5.41) is 10.6. The van der Waals surface area contributed by atoms with Crippen molar-refractivity contribution in [3.05, 3.63) is 259 Å². The molecule has 3 heteroatoms. The zero-order valence-corrected chi connectivity index (χ0v) is 36.4. The number of pyridine rings is 3. The van der Waals surface area contributed by atoms with Gasteiger partial charge in [0, 0.05) is 39.5 Å². The minimum Gasteiger partial charge on any atom is -0.254 e. The van der Waals surface area contributed by atoms with Gasteiger partial charge in [-0.15, -0.1) is 0 Å². The van der Waals surface area contributed by atoms with E-state index in [2.05, 4.69) is 223 Å². The summed E-state index contributed by atoms with van der Waals surface area (Å²) in [4.78, 5) is 14.9. The Labute approximate surface area is 387 Å². The molecule has 3 aromatic heterocycles. The summed E-state index contributed by atoms with van der Waals surface area (Å²) in [7, 11) is 0. The van der Waals surface area contributed by atoms with E-state index in [0.29, 0.717) is 0 Å². The van der Waals surface area contributed by atoms with Crippen LogP contribution in [0.2, 0.25) is 0 Å². The lowest BCUT2D eigenvalue weighted by Gasteiger charge is -2.34. The Bertz CT molecular complexity index is 4100. The van der Waals surface area contributed by atoms with Crippen LogP contribution in [-0.2, 0) is 5.41 Å². The average molecular weight is 850 g/mol. The first-order valence-corrected chi connectivity index (χ1v) is 23.0. The molecule has 3 heterocycles. The van der Waals surface area contributed by atoms with Crippen molar-refractivity contribution in [3.8, 4) is 44.6 Å². The minimum atomic E-state index is -0.482.